The Labute approximate surface area is 122 Å². The summed E-state index contributed by atoms with van der Waals surface area (Å²) in [6.45, 7) is 0.607. The second-order valence-corrected chi connectivity index (χ2v) is 4.60. The molecule has 0 aliphatic heterocycles. The number of aromatic nitrogens is 4. The molecule has 3 rings (SSSR count). The normalized spacial score (nSPS) is 10.5. The highest BCUT2D eigenvalue weighted by Crippen LogP contribution is 2.27. The SMILES string of the molecule is COc1cc(-c2nnnn2Cc2ccccc2)ccc1N. The number of nitrogen functional groups attached to an aromatic ring is 1. The topological polar surface area (TPSA) is 78.9 Å². The number of tetrazole rings is 1. The Morgan fingerprint density at radius 1 is 1.14 bits per heavy atom. The predicted octanol–water partition coefficient (Wildman–Crippen LogP) is 1.98. The van der Waals surface area contributed by atoms with E-state index in [1.807, 2.05) is 42.5 Å². The van der Waals surface area contributed by atoms with Crippen molar-refractivity contribution in [3.63, 3.8) is 0 Å². The summed E-state index contributed by atoms with van der Waals surface area (Å²) in [7, 11) is 1.59. The van der Waals surface area contributed by atoms with Crippen LogP contribution in [0, 0.1) is 0 Å². The average Bonchev–Trinajstić information content (AvgIpc) is 2.97. The van der Waals surface area contributed by atoms with Gasteiger partial charge in [0.1, 0.15) is 5.75 Å². The Morgan fingerprint density at radius 3 is 2.71 bits per heavy atom. The predicted molar refractivity (Wildman–Crippen MR) is 79.8 cm³/mol. The van der Waals surface area contributed by atoms with Gasteiger partial charge in [-0.25, -0.2) is 4.68 Å². The van der Waals surface area contributed by atoms with Crippen LogP contribution in [0.25, 0.3) is 11.4 Å². The van der Waals surface area contributed by atoms with E-state index in [2.05, 4.69) is 15.5 Å². The molecule has 0 aliphatic rings. The van der Waals surface area contributed by atoms with E-state index >= 15 is 0 Å². The summed E-state index contributed by atoms with van der Waals surface area (Å²) in [4.78, 5) is 0. The lowest BCUT2D eigenvalue weighted by molar-refractivity contribution is 0.417. The van der Waals surface area contributed by atoms with Gasteiger partial charge in [0.15, 0.2) is 5.82 Å². The van der Waals surface area contributed by atoms with Crippen molar-refractivity contribution in [3.8, 4) is 17.1 Å². The molecule has 21 heavy (non-hydrogen) atoms. The Balaban J connectivity index is 1.95. The highest BCUT2D eigenvalue weighted by molar-refractivity contribution is 5.65. The molecular formula is C15H15N5O. The molecule has 0 atom stereocenters. The summed E-state index contributed by atoms with van der Waals surface area (Å²) >= 11 is 0. The van der Waals surface area contributed by atoms with Crippen molar-refractivity contribution in [2.24, 2.45) is 0 Å². The number of ether oxygens (including phenoxy) is 1. The van der Waals surface area contributed by atoms with E-state index in [4.69, 9.17) is 10.5 Å². The van der Waals surface area contributed by atoms with Crippen LogP contribution >= 0.6 is 0 Å². The van der Waals surface area contributed by atoms with Crippen molar-refractivity contribution in [2.75, 3.05) is 12.8 Å². The fourth-order valence-electron chi connectivity index (χ4n) is 2.12. The van der Waals surface area contributed by atoms with Gasteiger partial charge in [0.05, 0.1) is 19.3 Å². The van der Waals surface area contributed by atoms with E-state index in [1.165, 1.54) is 0 Å². The van der Waals surface area contributed by atoms with Gasteiger partial charge in [-0.1, -0.05) is 30.3 Å². The van der Waals surface area contributed by atoms with Crippen molar-refractivity contribution >= 4 is 5.69 Å². The van der Waals surface area contributed by atoms with Gasteiger partial charge in [0.25, 0.3) is 0 Å². The van der Waals surface area contributed by atoms with Crippen LogP contribution < -0.4 is 10.5 Å². The zero-order chi connectivity index (χ0) is 14.7. The van der Waals surface area contributed by atoms with Crippen LogP contribution in [0.3, 0.4) is 0 Å². The molecule has 0 bridgehead atoms. The van der Waals surface area contributed by atoms with Gasteiger partial charge in [-0.2, -0.15) is 0 Å². The second-order valence-electron chi connectivity index (χ2n) is 4.60. The summed E-state index contributed by atoms with van der Waals surface area (Å²) in [5, 5.41) is 11.9. The molecule has 0 aliphatic carbocycles. The first-order valence-corrected chi connectivity index (χ1v) is 6.52. The molecule has 2 N–H and O–H groups in total. The van der Waals surface area contributed by atoms with Crippen molar-refractivity contribution in [1.29, 1.82) is 0 Å². The number of nitrogens with zero attached hydrogens (tertiary/aromatic N) is 4. The molecule has 0 amide bonds. The molecule has 0 radical (unpaired) electrons. The largest absolute Gasteiger partial charge is 0.495 e. The number of benzene rings is 2. The monoisotopic (exact) mass is 281 g/mol. The minimum atomic E-state index is 0.586. The third kappa shape index (κ3) is 2.69. The van der Waals surface area contributed by atoms with Gasteiger partial charge in [-0.3, -0.25) is 0 Å². The van der Waals surface area contributed by atoms with E-state index < -0.39 is 0 Å². The standard InChI is InChI=1S/C15H15N5O/c1-21-14-9-12(7-8-13(14)16)15-17-18-19-20(15)10-11-5-3-2-4-6-11/h2-9H,10,16H2,1H3. The first-order chi connectivity index (χ1) is 10.3. The number of hydrogen-bond donors (Lipinski definition) is 1. The molecule has 0 fully saturated rings. The molecule has 0 saturated heterocycles. The van der Waals surface area contributed by atoms with Crippen LogP contribution in [-0.2, 0) is 6.54 Å². The van der Waals surface area contributed by atoms with Gasteiger partial charge >= 0.3 is 0 Å². The molecule has 1 aromatic heterocycles. The van der Waals surface area contributed by atoms with Crippen LogP contribution in [0.5, 0.6) is 5.75 Å². The Kier molecular flexibility index (Phi) is 3.51. The second kappa shape index (κ2) is 5.62. The van der Waals surface area contributed by atoms with E-state index in [-0.39, 0.29) is 0 Å². The van der Waals surface area contributed by atoms with Crippen LogP contribution in [0.1, 0.15) is 5.56 Å². The first-order valence-electron chi connectivity index (χ1n) is 6.52. The van der Waals surface area contributed by atoms with Crippen molar-refractivity contribution < 1.29 is 4.74 Å². The number of nitrogens with two attached hydrogens (primary N) is 1. The lowest BCUT2D eigenvalue weighted by Crippen LogP contribution is -2.04. The maximum atomic E-state index is 5.83. The van der Waals surface area contributed by atoms with E-state index in [0.717, 1.165) is 11.1 Å². The van der Waals surface area contributed by atoms with Crippen LogP contribution in [0.4, 0.5) is 5.69 Å². The average molecular weight is 281 g/mol. The fourth-order valence-corrected chi connectivity index (χ4v) is 2.12. The Bertz CT molecular complexity index is 739. The zero-order valence-electron chi connectivity index (χ0n) is 11.6. The molecule has 0 saturated carbocycles. The van der Waals surface area contributed by atoms with Crippen molar-refractivity contribution in [2.45, 2.75) is 6.54 Å². The number of methoxy groups -OCH3 is 1. The van der Waals surface area contributed by atoms with Gasteiger partial charge in [0, 0.05) is 5.56 Å². The maximum Gasteiger partial charge on any atom is 0.182 e. The summed E-state index contributed by atoms with van der Waals surface area (Å²) in [6.07, 6.45) is 0. The van der Waals surface area contributed by atoms with Crippen LogP contribution in [-0.4, -0.2) is 27.3 Å². The third-order valence-electron chi connectivity index (χ3n) is 3.20. The molecule has 6 heteroatoms. The molecule has 106 valence electrons. The summed E-state index contributed by atoms with van der Waals surface area (Å²) in [6, 6.07) is 15.5. The Hall–Kier alpha value is -2.89. The lowest BCUT2D eigenvalue weighted by atomic mass is 10.1. The number of rotatable bonds is 4. The number of anilines is 1. The van der Waals surface area contributed by atoms with Crippen molar-refractivity contribution in [1.82, 2.24) is 20.2 Å². The summed E-state index contributed by atoms with van der Waals surface area (Å²) < 4.78 is 6.99. The van der Waals surface area contributed by atoms with Gasteiger partial charge in [-0.05, 0) is 34.2 Å². The van der Waals surface area contributed by atoms with Gasteiger partial charge in [-0.15, -0.1) is 5.10 Å². The molecule has 1 heterocycles. The molecule has 0 spiro atoms. The van der Waals surface area contributed by atoms with E-state index in [1.54, 1.807) is 17.9 Å². The minimum Gasteiger partial charge on any atom is -0.495 e. The zero-order valence-corrected chi connectivity index (χ0v) is 11.6. The molecular weight excluding hydrogens is 266 g/mol. The molecule has 3 aromatic rings. The van der Waals surface area contributed by atoms with Crippen molar-refractivity contribution in [3.05, 3.63) is 54.1 Å². The summed E-state index contributed by atoms with van der Waals surface area (Å²) in [5.41, 5.74) is 8.41. The highest BCUT2D eigenvalue weighted by Gasteiger charge is 2.11. The van der Waals surface area contributed by atoms with E-state index in [9.17, 15) is 0 Å². The molecule has 2 aromatic carbocycles. The first kappa shape index (κ1) is 13.1. The Morgan fingerprint density at radius 2 is 1.95 bits per heavy atom. The fraction of sp³-hybridized carbons (Fsp3) is 0.133. The summed E-state index contributed by atoms with van der Waals surface area (Å²) in [5.74, 6) is 1.29. The van der Waals surface area contributed by atoms with Crippen LogP contribution in [0.2, 0.25) is 0 Å². The molecule has 0 unspecified atom stereocenters. The number of hydrogen-bond acceptors (Lipinski definition) is 5. The van der Waals surface area contributed by atoms with Gasteiger partial charge in [0.2, 0.25) is 0 Å². The van der Waals surface area contributed by atoms with Gasteiger partial charge < -0.3 is 10.5 Å². The van der Waals surface area contributed by atoms with E-state index in [0.29, 0.717) is 23.8 Å². The molecule has 6 nitrogen and oxygen atoms in total. The minimum absolute atomic E-state index is 0.586. The maximum absolute atomic E-state index is 5.83. The quantitative estimate of drug-likeness (QED) is 0.740. The highest BCUT2D eigenvalue weighted by atomic mass is 16.5. The third-order valence-corrected chi connectivity index (χ3v) is 3.20. The lowest BCUT2D eigenvalue weighted by Gasteiger charge is -2.08. The smallest absolute Gasteiger partial charge is 0.182 e. The van der Waals surface area contributed by atoms with Crippen LogP contribution in [0.15, 0.2) is 48.5 Å².